The van der Waals surface area contributed by atoms with Gasteiger partial charge in [0, 0.05) is 16.8 Å². The van der Waals surface area contributed by atoms with Gasteiger partial charge in [0.2, 0.25) is 5.95 Å². The van der Waals surface area contributed by atoms with Gasteiger partial charge in [-0.05, 0) is 43.5 Å². The molecule has 6 heteroatoms. The van der Waals surface area contributed by atoms with E-state index in [1.54, 1.807) is 15.9 Å². The van der Waals surface area contributed by atoms with Crippen molar-refractivity contribution >= 4 is 28.3 Å². The molecule has 26 heavy (non-hydrogen) atoms. The van der Waals surface area contributed by atoms with E-state index >= 15 is 0 Å². The van der Waals surface area contributed by atoms with Crippen LogP contribution in [-0.2, 0) is 0 Å². The van der Waals surface area contributed by atoms with Gasteiger partial charge in [-0.15, -0.1) is 11.3 Å². The first-order valence-corrected chi connectivity index (χ1v) is 9.34. The van der Waals surface area contributed by atoms with Crippen LogP contribution in [0.2, 0.25) is 0 Å². The van der Waals surface area contributed by atoms with Gasteiger partial charge in [0.1, 0.15) is 0 Å². The SMILES string of the molecule is CCNc1nc(C)c2cc(-c3cccs3)c(=O)n(-c3ccccc3)c2n1. The Kier molecular flexibility index (Phi) is 4.26. The number of fused-ring (bicyclic) bond motifs is 1. The van der Waals surface area contributed by atoms with Gasteiger partial charge in [-0.3, -0.25) is 9.36 Å². The average molecular weight is 362 g/mol. The standard InChI is InChI=1S/C20H18N4OS/c1-3-21-20-22-13(2)15-12-16(17-10-7-11-26-17)19(25)24(18(15)23-20)14-8-5-4-6-9-14/h4-12H,3H2,1-2H3,(H,21,22,23). The van der Waals surface area contributed by atoms with E-state index in [0.29, 0.717) is 23.7 Å². The van der Waals surface area contributed by atoms with Crippen molar-refractivity contribution in [2.24, 2.45) is 0 Å². The normalized spacial score (nSPS) is 11.0. The Labute approximate surface area is 155 Å². The number of aryl methyl sites for hydroxylation is 1. The Balaban J connectivity index is 2.13. The van der Waals surface area contributed by atoms with Crippen LogP contribution in [0.4, 0.5) is 5.95 Å². The number of hydrogen-bond donors (Lipinski definition) is 1. The third kappa shape index (κ3) is 2.78. The molecule has 0 spiro atoms. The third-order valence-corrected chi connectivity index (χ3v) is 5.09. The molecule has 0 fully saturated rings. The molecule has 0 aliphatic carbocycles. The molecule has 0 saturated carbocycles. The molecule has 0 atom stereocenters. The number of anilines is 1. The summed E-state index contributed by atoms with van der Waals surface area (Å²) in [6, 6.07) is 15.4. The molecule has 5 nitrogen and oxygen atoms in total. The maximum atomic E-state index is 13.4. The van der Waals surface area contributed by atoms with Crippen molar-refractivity contribution < 1.29 is 0 Å². The van der Waals surface area contributed by atoms with Crippen molar-refractivity contribution in [3.05, 3.63) is 70.0 Å². The molecule has 0 aliphatic rings. The number of para-hydroxylation sites is 1. The number of pyridine rings is 1. The van der Waals surface area contributed by atoms with Gasteiger partial charge in [-0.2, -0.15) is 4.98 Å². The van der Waals surface area contributed by atoms with Crippen LogP contribution >= 0.6 is 11.3 Å². The Morgan fingerprint density at radius 1 is 1.12 bits per heavy atom. The number of aromatic nitrogens is 3. The summed E-state index contributed by atoms with van der Waals surface area (Å²) in [6.45, 7) is 4.66. The summed E-state index contributed by atoms with van der Waals surface area (Å²) in [6.07, 6.45) is 0. The first kappa shape index (κ1) is 16.5. The molecule has 0 unspecified atom stereocenters. The highest BCUT2D eigenvalue weighted by Crippen LogP contribution is 2.27. The zero-order valence-electron chi connectivity index (χ0n) is 14.6. The highest BCUT2D eigenvalue weighted by atomic mass is 32.1. The lowest BCUT2D eigenvalue weighted by atomic mass is 10.1. The molecule has 0 radical (unpaired) electrons. The minimum atomic E-state index is -0.0771. The predicted octanol–water partition coefficient (Wildman–Crippen LogP) is 4.25. The summed E-state index contributed by atoms with van der Waals surface area (Å²) >= 11 is 1.55. The van der Waals surface area contributed by atoms with E-state index in [1.807, 2.05) is 67.8 Å². The molecule has 3 heterocycles. The summed E-state index contributed by atoms with van der Waals surface area (Å²) in [5.74, 6) is 0.533. The van der Waals surface area contributed by atoms with Crippen LogP contribution in [0.1, 0.15) is 12.6 Å². The summed E-state index contributed by atoms with van der Waals surface area (Å²) in [4.78, 5) is 23.5. The zero-order chi connectivity index (χ0) is 18.1. The molecule has 1 aromatic carbocycles. The number of nitrogens with zero attached hydrogens (tertiary/aromatic N) is 3. The number of thiophene rings is 1. The lowest BCUT2D eigenvalue weighted by Crippen LogP contribution is -2.22. The lowest BCUT2D eigenvalue weighted by molar-refractivity contribution is 0.990. The summed E-state index contributed by atoms with van der Waals surface area (Å²) in [5, 5.41) is 5.99. The van der Waals surface area contributed by atoms with Crippen molar-refractivity contribution in [1.82, 2.24) is 14.5 Å². The van der Waals surface area contributed by atoms with E-state index in [-0.39, 0.29) is 5.56 Å². The van der Waals surface area contributed by atoms with Crippen LogP contribution in [-0.4, -0.2) is 21.1 Å². The largest absolute Gasteiger partial charge is 0.354 e. The molecule has 0 amide bonds. The van der Waals surface area contributed by atoms with E-state index in [2.05, 4.69) is 15.3 Å². The second-order valence-corrected chi connectivity index (χ2v) is 6.86. The van der Waals surface area contributed by atoms with Gasteiger partial charge in [0.05, 0.1) is 16.9 Å². The van der Waals surface area contributed by atoms with Crippen molar-refractivity contribution in [2.45, 2.75) is 13.8 Å². The number of nitrogens with one attached hydrogen (secondary N) is 1. The van der Waals surface area contributed by atoms with Gasteiger partial charge in [-0.25, -0.2) is 4.98 Å². The second-order valence-electron chi connectivity index (χ2n) is 5.91. The fourth-order valence-corrected chi connectivity index (χ4v) is 3.72. The second kappa shape index (κ2) is 6.72. The van der Waals surface area contributed by atoms with Crippen molar-refractivity contribution in [3.8, 4) is 16.1 Å². The smallest absolute Gasteiger partial charge is 0.265 e. The van der Waals surface area contributed by atoms with Crippen LogP contribution in [0.15, 0.2) is 58.7 Å². The zero-order valence-corrected chi connectivity index (χ0v) is 15.4. The summed E-state index contributed by atoms with van der Waals surface area (Å²) < 4.78 is 1.68. The van der Waals surface area contributed by atoms with E-state index in [4.69, 9.17) is 0 Å². The summed E-state index contributed by atoms with van der Waals surface area (Å²) in [7, 11) is 0. The average Bonchev–Trinajstić information content (AvgIpc) is 3.17. The molecular formula is C20H18N4OS. The number of hydrogen-bond acceptors (Lipinski definition) is 5. The fourth-order valence-electron chi connectivity index (χ4n) is 2.99. The van der Waals surface area contributed by atoms with Crippen molar-refractivity contribution in [3.63, 3.8) is 0 Å². The first-order valence-electron chi connectivity index (χ1n) is 8.46. The van der Waals surface area contributed by atoms with E-state index in [0.717, 1.165) is 21.6 Å². The van der Waals surface area contributed by atoms with Gasteiger partial charge < -0.3 is 5.32 Å². The minimum absolute atomic E-state index is 0.0771. The summed E-state index contributed by atoms with van der Waals surface area (Å²) in [5.41, 5.74) is 2.84. The van der Waals surface area contributed by atoms with E-state index in [1.165, 1.54) is 0 Å². The molecule has 0 saturated heterocycles. The van der Waals surface area contributed by atoms with Gasteiger partial charge in [-0.1, -0.05) is 24.3 Å². The highest BCUT2D eigenvalue weighted by Gasteiger charge is 2.17. The molecule has 1 N–H and O–H groups in total. The van der Waals surface area contributed by atoms with Crippen LogP contribution in [0, 0.1) is 6.92 Å². The van der Waals surface area contributed by atoms with Crippen LogP contribution in [0.5, 0.6) is 0 Å². The first-order chi connectivity index (χ1) is 12.7. The molecular weight excluding hydrogens is 344 g/mol. The highest BCUT2D eigenvalue weighted by molar-refractivity contribution is 7.13. The van der Waals surface area contributed by atoms with E-state index in [9.17, 15) is 4.79 Å². The van der Waals surface area contributed by atoms with Crippen molar-refractivity contribution in [2.75, 3.05) is 11.9 Å². The maximum absolute atomic E-state index is 13.4. The molecule has 4 aromatic rings. The van der Waals surface area contributed by atoms with Gasteiger partial charge >= 0.3 is 0 Å². The maximum Gasteiger partial charge on any atom is 0.265 e. The Morgan fingerprint density at radius 2 is 1.92 bits per heavy atom. The predicted molar refractivity (Wildman–Crippen MR) is 107 cm³/mol. The van der Waals surface area contributed by atoms with Crippen LogP contribution < -0.4 is 10.9 Å². The lowest BCUT2D eigenvalue weighted by Gasteiger charge is -2.14. The Bertz CT molecular complexity index is 1120. The fraction of sp³-hybridized carbons (Fsp3) is 0.150. The Morgan fingerprint density at radius 3 is 2.62 bits per heavy atom. The Hall–Kier alpha value is -2.99. The number of rotatable bonds is 4. The van der Waals surface area contributed by atoms with Crippen LogP contribution in [0.3, 0.4) is 0 Å². The van der Waals surface area contributed by atoms with Crippen LogP contribution in [0.25, 0.3) is 27.2 Å². The van der Waals surface area contributed by atoms with E-state index < -0.39 is 0 Å². The topological polar surface area (TPSA) is 59.8 Å². The molecule has 0 bridgehead atoms. The van der Waals surface area contributed by atoms with Crippen molar-refractivity contribution in [1.29, 1.82) is 0 Å². The monoisotopic (exact) mass is 362 g/mol. The minimum Gasteiger partial charge on any atom is -0.354 e. The molecule has 3 aromatic heterocycles. The molecule has 130 valence electrons. The van der Waals surface area contributed by atoms with Gasteiger partial charge in [0.15, 0.2) is 5.65 Å². The molecule has 4 rings (SSSR count). The van der Waals surface area contributed by atoms with Gasteiger partial charge in [0.25, 0.3) is 5.56 Å². The molecule has 0 aliphatic heterocycles. The number of benzene rings is 1. The third-order valence-electron chi connectivity index (χ3n) is 4.19. The quantitative estimate of drug-likeness (QED) is 0.590.